The van der Waals surface area contributed by atoms with E-state index >= 15 is 0 Å². The van der Waals surface area contributed by atoms with Crippen LogP contribution in [0.15, 0.2) is 18.2 Å². The van der Waals surface area contributed by atoms with Gasteiger partial charge in [-0.2, -0.15) is 0 Å². The molecule has 1 saturated heterocycles. The second-order valence-electron chi connectivity index (χ2n) is 6.36. The highest BCUT2D eigenvalue weighted by atomic mass is 16.7. The average Bonchev–Trinajstić information content (AvgIpc) is 3.06. The Hall–Kier alpha value is -2.24. The molecular weight excluding hydrogens is 308 g/mol. The van der Waals surface area contributed by atoms with Crippen molar-refractivity contribution in [1.82, 2.24) is 10.2 Å². The Labute approximate surface area is 142 Å². The van der Waals surface area contributed by atoms with Crippen LogP contribution in [-0.2, 0) is 16.0 Å². The van der Waals surface area contributed by atoms with Gasteiger partial charge in [0.2, 0.25) is 18.6 Å². The zero-order valence-corrected chi connectivity index (χ0v) is 14.0. The van der Waals surface area contributed by atoms with Gasteiger partial charge in [-0.3, -0.25) is 9.59 Å². The Morgan fingerprint density at radius 1 is 1.21 bits per heavy atom. The number of piperidine rings is 1. The number of nitrogens with zero attached hydrogens (tertiary/aromatic N) is 1. The molecule has 1 fully saturated rings. The minimum Gasteiger partial charge on any atom is -0.454 e. The van der Waals surface area contributed by atoms with Gasteiger partial charge in [0.1, 0.15) is 0 Å². The summed E-state index contributed by atoms with van der Waals surface area (Å²) in [4.78, 5) is 25.3. The molecule has 0 bridgehead atoms. The van der Waals surface area contributed by atoms with Gasteiger partial charge in [-0.15, -0.1) is 0 Å². The van der Waals surface area contributed by atoms with E-state index in [0.29, 0.717) is 19.6 Å². The van der Waals surface area contributed by atoms with Crippen molar-refractivity contribution in [2.45, 2.75) is 32.6 Å². The molecule has 2 aliphatic rings. The van der Waals surface area contributed by atoms with Crippen molar-refractivity contribution in [3.05, 3.63) is 23.8 Å². The first-order valence-corrected chi connectivity index (χ1v) is 8.55. The van der Waals surface area contributed by atoms with E-state index in [-0.39, 0.29) is 24.5 Å². The number of hydrogen-bond acceptors (Lipinski definition) is 4. The third-order valence-corrected chi connectivity index (χ3v) is 4.69. The van der Waals surface area contributed by atoms with Crippen LogP contribution in [0.2, 0.25) is 0 Å². The predicted octanol–water partition coefficient (Wildman–Crippen LogP) is 1.72. The fourth-order valence-electron chi connectivity index (χ4n) is 3.20. The Balaban J connectivity index is 1.36. The van der Waals surface area contributed by atoms with E-state index in [9.17, 15) is 9.59 Å². The number of aryl methyl sites for hydroxylation is 1. The summed E-state index contributed by atoms with van der Waals surface area (Å²) in [7, 11) is 0. The Morgan fingerprint density at radius 2 is 1.96 bits per heavy atom. The summed E-state index contributed by atoms with van der Waals surface area (Å²) >= 11 is 0. The fraction of sp³-hybridized carbons (Fsp3) is 0.556. The van der Waals surface area contributed by atoms with E-state index < -0.39 is 0 Å². The molecule has 2 heterocycles. The molecule has 2 aliphatic heterocycles. The highest BCUT2D eigenvalue weighted by Crippen LogP contribution is 2.32. The maximum Gasteiger partial charge on any atom is 0.231 e. The second-order valence-corrected chi connectivity index (χ2v) is 6.36. The molecule has 0 atom stereocenters. The zero-order valence-electron chi connectivity index (χ0n) is 14.0. The molecule has 24 heavy (non-hydrogen) atoms. The van der Waals surface area contributed by atoms with E-state index in [0.717, 1.165) is 37.2 Å². The SMILES string of the molecule is CC(=O)N1CCC(C(=O)NCCCc2ccc3c(c2)OCO3)CC1. The maximum absolute atomic E-state index is 12.2. The molecule has 0 aromatic heterocycles. The number of fused-ring (bicyclic) bond motifs is 1. The van der Waals surface area contributed by atoms with Gasteiger partial charge in [-0.25, -0.2) is 0 Å². The summed E-state index contributed by atoms with van der Waals surface area (Å²) in [6.07, 6.45) is 3.29. The lowest BCUT2D eigenvalue weighted by Gasteiger charge is -2.30. The van der Waals surface area contributed by atoms with Gasteiger partial charge in [-0.05, 0) is 43.4 Å². The Kier molecular flexibility index (Phi) is 5.23. The molecule has 0 radical (unpaired) electrons. The van der Waals surface area contributed by atoms with E-state index in [2.05, 4.69) is 5.32 Å². The highest BCUT2D eigenvalue weighted by molar-refractivity contribution is 5.79. The number of nitrogens with one attached hydrogen (secondary N) is 1. The van der Waals surface area contributed by atoms with Gasteiger partial charge >= 0.3 is 0 Å². The van der Waals surface area contributed by atoms with Crippen LogP contribution < -0.4 is 14.8 Å². The van der Waals surface area contributed by atoms with E-state index in [1.807, 2.05) is 23.1 Å². The van der Waals surface area contributed by atoms with Crippen LogP contribution in [0.4, 0.5) is 0 Å². The quantitative estimate of drug-likeness (QED) is 0.834. The number of carbonyl (C=O) groups is 2. The molecule has 0 saturated carbocycles. The first-order valence-electron chi connectivity index (χ1n) is 8.55. The van der Waals surface area contributed by atoms with Crippen molar-refractivity contribution < 1.29 is 19.1 Å². The van der Waals surface area contributed by atoms with E-state index in [1.165, 1.54) is 5.56 Å². The number of carbonyl (C=O) groups excluding carboxylic acids is 2. The van der Waals surface area contributed by atoms with Crippen LogP contribution in [0.1, 0.15) is 31.7 Å². The highest BCUT2D eigenvalue weighted by Gasteiger charge is 2.25. The Bertz CT molecular complexity index is 609. The molecule has 0 unspecified atom stereocenters. The summed E-state index contributed by atoms with van der Waals surface area (Å²) in [6, 6.07) is 5.97. The normalized spacial score (nSPS) is 17.0. The molecule has 0 spiro atoms. The molecule has 6 nitrogen and oxygen atoms in total. The summed E-state index contributed by atoms with van der Waals surface area (Å²) in [5, 5.41) is 3.02. The minimum absolute atomic E-state index is 0.0335. The van der Waals surface area contributed by atoms with Crippen molar-refractivity contribution in [3.63, 3.8) is 0 Å². The average molecular weight is 332 g/mol. The number of likely N-dealkylation sites (tertiary alicyclic amines) is 1. The van der Waals surface area contributed by atoms with Crippen molar-refractivity contribution in [3.8, 4) is 11.5 Å². The van der Waals surface area contributed by atoms with Gasteiger partial charge in [-0.1, -0.05) is 6.07 Å². The zero-order chi connectivity index (χ0) is 16.9. The van der Waals surface area contributed by atoms with Crippen molar-refractivity contribution >= 4 is 11.8 Å². The summed E-state index contributed by atoms with van der Waals surface area (Å²) in [5.41, 5.74) is 1.18. The van der Waals surface area contributed by atoms with Crippen LogP contribution in [0, 0.1) is 5.92 Å². The monoisotopic (exact) mass is 332 g/mol. The van der Waals surface area contributed by atoms with Crippen LogP contribution in [0.5, 0.6) is 11.5 Å². The van der Waals surface area contributed by atoms with Gasteiger partial charge in [0.15, 0.2) is 11.5 Å². The van der Waals surface area contributed by atoms with Crippen LogP contribution in [-0.4, -0.2) is 43.1 Å². The van der Waals surface area contributed by atoms with Crippen molar-refractivity contribution in [2.24, 2.45) is 5.92 Å². The third kappa shape index (κ3) is 3.99. The molecule has 3 rings (SSSR count). The number of benzene rings is 1. The first kappa shape index (κ1) is 16.6. The number of hydrogen-bond donors (Lipinski definition) is 1. The second kappa shape index (κ2) is 7.55. The molecule has 0 aliphatic carbocycles. The molecule has 2 amide bonds. The summed E-state index contributed by atoms with van der Waals surface area (Å²) in [5.74, 6) is 1.84. The molecule has 1 aromatic carbocycles. The lowest BCUT2D eigenvalue weighted by atomic mass is 9.96. The maximum atomic E-state index is 12.2. The molecule has 1 N–H and O–H groups in total. The summed E-state index contributed by atoms with van der Waals surface area (Å²) < 4.78 is 10.7. The molecular formula is C18H24N2O4. The number of amides is 2. The third-order valence-electron chi connectivity index (χ3n) is 4.69. The topological polar surface area (TPSA) is 67.9 Å². The van der Waals surface area contributed by atoms with E-state index in [4.69, 9.17) is 9.47 Å². The van der Waals surface area contributed by atoms with Crippen molar-refractivity contribution in [1.29, 1.82) is 0 Å². The number of rotatable bonds is 5. The van der Waals surface area contributed by atoms with Crippen LogP contribution >= 0.6 is 0 Å². The van der Waals surface area contributed by atoms with Gasteiger partial charge in [0, 0.05) is 32.5 Å². The minimum atomic E-state index is 0.0335. The van der Waals surface area contributed by atoms with Gasteiger partial charge < -0.3 is 19.7 Å². The van der Waals surface area contributed by atoms with Gasteiger partial charge in [0.25, 0.3) is 0 Å². The van der Waals surface area contributed by atoms with Crippen LogP contribution in [0.3, 0.4) is 0 Å². The smallest absolute Gasteiger partial charge is 0.231 e. The standard InChI is InChI=1S/C18H24N2O4/c1-13(21)20-9-6-15(7-10-20)18(22)19-8-2-3-14-4-5-16-17(11-14)24-12-23-16/h4-5,11,15H,2-3,6-10,12H2,1H3,(H,19,22). The largest absolute Gasteiger partial charge is 0.454 e. The van der Waals surface area contributed by atoms with Gasteiger partial charge in [0.05, 0.1) is 0 Å². The molecule has 130 valence electrons. The first-order chi connectivity index (χ1) is 11.6. The predicted molar refractivity (Wildman–Crippen MR) is 88.9 cm³/mol. The lowest BCUT2D eigenvalue weighted by molar-refractivity contribution is -0.133. The van der Waals surface area contributed by atoms with Crippen LogP contribution in [0.25, 0.3) is 0 Å². The Morgan fingerprint density at radius 3 is 2.71 bits per heavy atom. The molecule has 1 aromatic rings. The number of ether oxygens (including phenoxy) is 2. The molecule has 6 heteroatoms. The van der Waals surface area contributed by atoms with E-state index in [1.54, 1.807) is 6.92 Å². The summed E-state index contributed by atoms with van der Waals surface area (Å²) in [6.45, 7) is 3.91. The fourth-order valence-corrected chi connectivity index (χ4v) is 3.20. The lowest BCUT2D eigenvalue weighted by Crippen LogP contribution is -2.42. The van der Waals surface area contributed by atoms with Crippen molar-refractivity contribution in [2.75, 3.05) is 26.4 Å².